The van der Waals surface area contributed by atoms with Crippen molar-refractivity contribution in [1.29, 1.82) is 0 Å². The van der Waals surface area contributed by atoms with Gasteiger partial charge < -0.3 is 4.74 Å². The minimum Gasteiger partial charge on any atom is -0.378 e. The predicted octanol–water partition coefficient (Wildman–Crippen LogP) is 2.60. The largest absolute Gasteiger partial charge is 0.378 e. The first-order chi connectivity index (χ1) is 11.3. The molecule has 2 saturated heterocycles. The smallest absolute Gasteiger partial charge is 0.200 e. The molecule has 2 aliphatic heterocycles. The first-order valence-corrected chi connectivity index (χ1v) is 7.64. The highest BCUT2D eigenvalue weighted by atomic mass is 19.2. The van der Waals surface area contributed by atoms with Crippen LogP contribution in [0.5, 0.6) is 0 Å². The van der Waals surface area contributed by atoms with E-state index in [2.05, 4.69) is 4.90 Å². The van der Waals surface area contributed by atoms with Gasteiger partial charge in [-0.2, -0.15) is 0 Å². The molecule has 2 atom stereocenters. The quantitative estimate of drug-likeness (QED) is 0.477. The number of Topliss-reactive ketones (excluding diaryl/α,β-unsaturated/α-hetero) is 1. The SMILES string of the molecule is CN1C2COCC1CC(C(=O)Cc1c(F)c(F)c(F)c(F)c1F)C2. The molecule has 2 unspecified atom stereocenters. The number of carbonyl (C=O) groups excluding carboxylic acids is 1. The zero-order chi connectivity index (χ0) is 17.6. The van der Waals surface area contributed by atoms with Crippen molar-refractivity contribution in [3.05, 3.63) is 34.6 Å². The molecule has 0 N–H and O–H groups in total. The van der Waals surface area contributed by atoms with Crippen LogP contribution >= 0.6 is 0 Å². The lowest BCUT2D eigenvalue weighted by atomic mass is 9.81. The van der Waals surface area contributed by atoms with Gasteiger partial charge in [0.2, 0.25) is 5.82 Å². The van der Waals surface area contributed by atoms with Gasteiger partial charge in [0.15, 0.2) is 23.3 Å². The molecule has 0 aliphatic carbocycles. The maximum absolute atomic E-state index is 13.7. The Morgan fingerprint density at radius 1 is 0.958 bits per heavy atom. The fourth-order valence-electron chi connectivity index (χ4n) is 3.48. The molecule has 0 spiro atoms. The zero-order valence-corrected chi connectivity index (χ0v) is 12.9. The van der Waals surface area contributed by atoms with Crippen molar-refractivity contribution in [2.24, 2.45) is 5.92 Å². The van der Waals surface area contributed by atoms with E-state index < -0.39 is 52.8 Å². The van der Waals surface area contributed by atoms with Crippen LogP contribution < -0.4 is 0 Å². The summed E-state index contributed by atoms with van der Waals surface area (Å²) in [6, 6.07) is 0.0330. The van der Waals surface area contributed by atoms with Gasteiger partial charge in [0, 0.05) is 30.0 Å². The van der Waals surface area contributed by atoms with E-state index in [4.69, 9.17) is 4.74 Å². The molecule has 2 fully saturated rings. The van der Waals surface area contributed by atoms with Gasteiger partial charge in [-0.05, 0) is 19.9 Å². The Hall–Kier alpha value is -1.54. The number of likely N-dealkylation sites (N-methyl/N-ethyl adjacent to an activating group) is 1. The number of nitrogens with zero attached hydrogens (tertiary/aromatic N) is 1. The van der Waals surface area contributed by atoms with E-state index in [0.717, 1.165) is 0 Å². The van der Waals surface area contributed by atoms with E-state index in [1.807, 2.05) is 7.05 Å². The number of morpholine rings is 1. The van der Waals surface area contributed by atoms with E-state index in [1.54, 1.807) is 0 Å². The van der Waals surface area contributed by atoms with Crippen molar-refractivity contribution in [3.8, 4) is 0 Å². The molecule has 0 saturated carbocycles. The standard InChI is InChI=1S/C16H16F5NO2/c1-22-8-2-7(3-9(22)6-24-5-8)11(23)4-10-12(17)14(19)16(21)15(20)13(10)18/h7-9H,2-6H2,1H3. The van der Waals surface area contributed by atoms with Crippen LogP contribution in [-0.2, 0) is 16.0 Å². The first-order valence-electron chi connectivity index (χ1n) is 7.64. The number of piperidine rings is 1. The van der Waals surface area contributed by atoms with E-state index >= 15 is 0 Å². The van der Waals surface area contributed by atoms with Gasteiger partial charge in [0.25, 0.3) is 0 Å². The average molecular weight is 349 g/mol. The number of halogens is 5. The fourth-order valence-corrected chi connectivity index (χ4v) is 3.48. The Morgan fingerprint density at radius 2 is 1.42 bits per heavy atom. The summed E-state index contributed by atoms with van der Waals surface area (Å²) in [5, 5.41) is 0. The molecule has 132 valence electrons. The lowest BCUT2D eigenvalue weighted by Crippen LogP contribution is -2.56. The molecule has 8 heteroatoms. The average Bonchev–Trinajstić information content (AvgIpc) is 2.54. The van der Waals surface area contributed by atoms with Crippen LogP contribution in [0.15, 0.2) is 0 Å². The van der Waals surface area contributed by atoms with Crippen LogP contribution in [-0.4, -0.2) is 43.0 Å². The molecule has 1 aromatic carbocycles. The van der Waals surface area contributed by atoms with Gasteiger partial charge in [-0.1, -0.05) is 0 Å². The van der Waals surface area contributed by atoms with Crippen molar-refractivity contribution in [2.45, 2.75) is 31.3 Å². The van der Waals surface area contributed by atoms with Gasteiger partial charge in [-0.3, -0.25) is 9.69 Å². The maximum atomic E-state index is 13.7. The number of rotatable bonds is 3. The number of hydrogen-bond donors (Lipinski definition) is 0. The second-order valence-corrected chi connectivity index (χ2v) is 6.37. The fraction of sp³-hybridized carbons (Fsp3) is 0.562. The van der Waals surface area contributed by atoms with Crippen molar-refractivity contribution >= 4 is 5.78 Å². The second-order valence-electron chi connectivity index (χ2n) is 6.37. The molecule has 2 aliphatic rings. The van der Waals surface area contributed by atoms with Crippen LogP contribution in [0.4, 0.5) is 22.0 Å². The van der Waals surface area contributed by atoms with Gasteiger partial charge in [0.1, 0.15) is 5.78 Å². The Balaban J connectivity index is 1.81. The highest BCUT2D eigenvalue weighted by Gasteiger charge is 2.40. The summed E-state index contributed by atoms with van der Waals surface area (Å²) in [5.41, 5.74) is -1.06. The summed E-state index contributed by atoms with van der Waals surface area (Å²) >= 11 is 0. The minimum absolute atomic E-state index is 0.0165. The van der Waals surface area contributed by atoms with Crippen LogP contribution in [0.1, 0.15) is 18.4 Å². The van der Waals surface area contributed by atoms with Crippen LogP contribution in [0.25, 0.3) is 0 Å². The van der Waals surface area contributed by atoms with Crippen LogP contribution in [0, 0.1) is 35.0 Å². The van der Waals surface area contributed by atoms with Gasteiger partial charge >= 0.3 is 0 Å². The molecule has 2 heterocycles. The second kappa shape index (κ2) is 6.40. The molecule has 24 heavy (non-hydrogen) atoms. The van der Waals surface area contributed by atoms with Crippen LogP contribution in [0.2, 0.25) is 0 Å². The maximum Gasteiger partial charge on any atom is 0.200 e. The monoisotopic (exact) mass is 349 g/mol. The normalized spacial score (nSPS) is 27.3. The molecule has 3 nitrogen and oxygen atoms in total. The molecule has 0 aromatic heterocycles. The van der Waals surface area contributed by atoms with Gasteiger partial charge in [-0.15, -0.1) is 0 Å². The predicted molar refractivity (Wildman–Crippen MR) is 73.8 cm³/mol. The number of fused-ring (bicyclic) bond motifs is 2. The summed E-state index contributed by atoms with van der Waals surface area (Å²) in [7, 11) is 1.92. The van der Waals surface area contributed by atoms with E-state index in [0.29, 0.717) is 26.1 Å². The van der Waals surface area contributed by atoms with Gasteiger partial charge in [-0.25, -0.2) is 22.0 Å². The van der Waals surface area contributed by atoms with Gasteiger partial charge in [0.05, 0.1) is 13.2 Å². The lowest BCUT2D eigenvalue weighted by molar-refractivity contribution is -0.130. The highest BCUT2D eigenvalue weighted by molar-refractivity contribution is 5.83. The summed E-state index contributed by atoms with van der Waals surface area (Å²) < 4.78 is 72.4. The third-order valence-corrected chi connectivity index (χ3v) is 4.99. The highest BCUT2D eigenvalue weighted by Crippen LogP contribution is 2.32. The van der Waals surface area contributed by atoms with Crippen molar-refractivity contribution in [3.63, 3.8) is 0 Å². The third kappa shape index (κ3) is 2.82. The summed E-state index contributed by atoms with van der Waals surface area (Å²) in [4.78, 5) is 14.5. The van der Waals surface area contributed by atoms with Crippen molar-refractivity contribution < 1.29 is 31.5 Å². The molecule has 0 radical (unpaired) electrons. The Morgan fingerprint density at radius 3 is 1.92 bits per heavy atom. The molecular formula is C16H16F5NO2. The Kier molecular flexibility index (Phi) is 4.61. The molecule has 0 amide bonds. The molecule has 3 rings (SSSR count). The Bertz CT molecular complexity index is 638. The minimum atomic E-state index is -2.22. The summed E-state index contributed by atoms with van der Waals surface area (Å²) in [6.45, 7) is 0.915. The summed E-state index contributed by atoms with van der Waals surface area (Å²) in [6.07, 6.45) is 0.0862. The number of carbonyl (C=O) groups is 1. The van der Waals surface area contributed by atoms with E-state index in [-0.39, 0.29) is 12.1 Å². The number of ether oxygens (including phenoxy) is 1. The Labute approximate surface area is 135 Å². The van der Waals surface area contributed by atoms with Crippen LogP contribution in [0.3, 0.4) is 0 Å². The van der Waals surface area contributed by atoms with E-state index in [1.165, 1.54) is 0 Å². The zero-order valence-electron chi connectivity index (χ0n) is 12.9. The summed E-state index contributed by atoms with van der Waals surface area (Å²) in [5.74, 6) is -11.1. The number of hydrogen-bond acceptors (Lipinski definition) is 3. The van der Waals surface area contributed by atoms with E-state index in [9.17, 15) is 26.7 Å². The topological polar surface area (TPSA) is 29.5 Å². The molecule has 1 aromatic rings. The lowest BCUT2D eigenvalue weighted by Gasteiger charge is -2.46. The number of ketones is 1. The van der Waals surface area contributed by atoms with Crippen molar-refractivity contribution in [1.82, 2.24) is 4.90 Å². The van der Waals surface area contributed by atoms with Crippen molar-refractivity contribution in [2.75, 3.05) is 20.3 Å². The first kappa shape index (κ1) is 17.3. The third-order valence-electron chi connectivity index (χ3n) is 4.99. The molecule has 2 bridgehead atoms. The number of benzene rings is 1. The molecular weight excluding hydrogens is 333 g/mol.